The third-order valence-corrected chi connectivity index (χ3v) is 12.6. The fourth-order valence-corrected chi connectivity index (χ4v) is 8.99. The molecule has 292 valence electrons. The van der Waals surface area contributed by atoms with E-state index in [-0.39, 0.29) is 5.56 Å². The Bertz CT molecular complexity index is 2200. The van der Waals surface area contributed by atoms with Gasteiger partial charge in [0.05, 0.1) is 22.3 Å². The summed E-state index contributed by atoms with van der Waals surface area (Å²) in [5.41, 5.74) is 9.07. The first kappa shape index (κ1) is 38.2. The van der Waals surface area contributed by atoms with Crippen molar-refractivity contribution in [3.8, 4) is 11.5 Å². The molecule has 0 spiro atoms. The van der Waals surface area contributed by atoms with Crippen LogP contribution < -0.4 is 25.4 Å². The lowest BCUT2D eigenvalue weighted by molar-refractivity contribution is -0.253. The number of amides is 1. The molecule has 13 heteroatoms. The second kappa shape index (κ2) is 17.6. The molecule has 3 aromatic carbocycles. The number of aromatic nitrogens is 2. The van der Waals surface area contributed by atoms with Crippen molar-refractivity contribution in [2.45, 2.75) is 36.5 Å². The third kappa shape index (κ3) is 9.11. The summed E-state index contributed by atoms with van der Waals surface area (Å²) in [5, 5.41) is 5.13. The fraction of sp³-hybridized carbons (Fsp3) is 0.349. The lowest BCUT2D eigenvalue weighted by Crippen LogP contribution is -2.48. The molecule has 2 aliphatic heterocycles. The normalized spacial score (nSPS) is 19.9. The molecule has 11 nitrogen and oxygen atoms in total. The van der Waals surface area contributed by atoms with Gasteiger partial charge in [0.25, 0.3) is 5.91 Å². The number of piperazine rings is 1. The predicted molar refractivity (Wildman–Crippen MR) is 222 cm³/mol. The van der Waals surface area contributed by atoms with Gasteiger partial charge >= 0.3 is 0 Å². The molecular weight excluding hydrogens is 746 g/mol. The van der Waals surface area contributed by atoms with E-state index in [2.05, 4.69) is 59.8 Å². The van der Waals surface area contributed by atoms with Crippen LogP contribution in [0.2, 0.25) is 5.02 Å². The summed E-state index contributed by atoms with van der Waals surface area (Å²) >= 11 is 6.19. The summed E-state index contributed by atoms with van der Waals surface area (Å²) in [6, 6.07) is 23.1. The van der Waals surface area contributed by atoms with Crippen LogP contribution >= 0.6 is 11.6 Å². The van der Waals surface area contributed by atoms with E-state index in [1.807, 2.05) is 48.7 Å². The molecule has 2 fully saturated rings. The van der Waals surface area contributed by atoms with E-state index in [4.69, 9.17) is 21.1 Å². The number of quaternary nitrogens is 1. The van der Waals surface area contributed by atoms with Crippen LogP contribution in [0.25, 0.3) is 11.0 Å². The minimum absolute atomic E-state index is 0.276. The van der Waals surface area contributed by atoms with E-state index in [9.17, 15) is 9.00 Å². The van der Waals surface area contributed by atoms with Gasteiger partial charge in [-0.15, -0.1) is 0 Å². The molecule has 0 bridgehead atoms. The van der Waals surface area contributed by atoms with E-state index in [0.29, 0.717) is 34.1 Å². The fourth-order valence-electron chi connectivity index (χ4n) is 8.03. The average molecular weight is 795 g/mol. The van der Waals surface area contributed by atoms with Gasteiger partial charge in [0.2, 0.25) is 0 Å². The Morgan fingerprint density at radius 1 is 1.00 bits per heavy atom. The summed E-state index contributed by atoms with van der Waals surface area (Å²) < 4.78 is 28.1. The number of hydrogen-bond donors (Lipinski definition) is 4. The number of allylic oxidation sites excluding steroid dienone is 2. The summed E-state index contributed by atoms with van der Waals surface area (Å²) in [4.78, 5) is 26.8. The molecule has 5 aromatic rings. The predicted octanol–water partition coefficient (Wildman–Crippen LogP) is 7.05. The number of carbonyl (C=O) groups excluding carboxylic acids is 1. The van der Waals surface area contributed by atoms with Gasteiger partial charge in [-0.1, -0.05) is 35.9 Å². The molecule has 1 amide bonds. The van der Waals surface area contributed by atoms with E-state index in [1.165, 1.54) is 5.56 Å². The van der Waals surface area contributed by atoms with Gasteiger partial charge in [0.15, 0.2) is 16.7 Å². The summed E-state index contributed by atoms with van der Waals surface area (Å²) in [6.45, 7) is 6.98. The standard InChI is InChI=1S/C43H48ClN7O4S/c44-33-7-5-30(6-8-33)37-4-2-1-3-32(37)28-50-17-19-51(20-18-50)34-9-11-38(41(24-34)55-35-23-31-13-16-46-42(31)48-27-35)43(52)49-56(53)36-10-12-40(39(45)25-36)47-26-29-14-21-54-22-15-29/h2,4-13,16,23-25,27,29,32,37,47H,1,3,14-15,17-22,26,28,45H2,(H,46,48)(H,49,52)/p+1. The van der Waals surface area contributed by atoms with Gasteiger partial charge in [-0.25, -0.2) is 9.19 Å². The van der Waals surface area contributed by atoms with Crippen molar-refractivity contribution in [2.24, 2.45) is 11.8 Å². The number of hydrogen-bond acceptors (Lipinski definition) is 8. The van der Waals surface area contributed by atoms with Gasteiger partial charge in [-0.05, 0) is 91.6 Å². The van der Waals surface area contributed by atoms with E-state index in [1.54, 1.807) is 24.4 Å². The zero-order valence-corrected chi connectivity index (χ0v) is 33.0. The van der Waals surface area contributed by atoms with Gasteiger partial charge in [0.1, 0.15) is 17.1 Å². The molecule has 0 saturated carbocycles. The van der Waals surface area contributed by atoms with E-state index < -0.39 is 16.9 Å². The van der Waals surface area contributed by atoms with Crippen molar-refractivity contribution in [3.05, 3.63) is 113 Å². The lowest BCUT2D eigenvalue weighted by Gasteiger charge is -2.39. The maximum Gasteiger partial charge on any atom is 0.266 e. The monoisotopic (exact) mass is 794 g/mol. The number of aromatic amines is 1. The molecule has 2 saturated heterocycles. The van der Waals surface area contributed by atoms with Crippen LogP contribution in [0.5, 0.6) is 11.5 Å². The molecule has 2 aromatic heterocycles. The van der Waals surface area contributed by atoms with Crippen LogP contribution in [0.4, 0.5) is 17.1 Å². The molecular formula is C43H49ClN7O4S+. The first-order chi connectivity index (χ1) is 27.4. The van der Waals surface area contributed by atoms with Gasteiger partial charge in [-0.2, -0.15) is 0 Å². The van der Waals surface area contributed by atoms with E-state index in [0.717, 1.165) is 111 Å². The van der Waals surface area contributed by atoms with Crippen LogP contribution in [0.3, 0.4) is 0 Å². The largest absolute Gasteiger partial charge is 0.455 e. The lowest BCUT2D eigenvalue weighted by atomic mass is 9.79. The Kier molecular flexibility index (Phi) is 12.0. The van der Waals surface area contributed by atoms with Crippen LogP contribution in [-0.2, 0) is 15.7 Å². The number of pyridine rings is 1. The number of halogens is 1. The van der Waals surface area contributed by atoms with Crippen LogP contribution in [0.1, 0.15) is 47.5 Å². The van der Waals surface area contributed by atoms with Crippen molar-refractivity contribution >= 4 is 56.6 Å². The smallest absolute Gasteiger partial charge is 0.266 e. The number of anilines is 2. The van der Waals surface area contributed by atoms with Crippen molar-refractivity contribution in [1.29, 1.82) is 0 Å². The number of ether oxygens (including phenoxy) is 2. The number of nitrogens with zero attached hydrogens (tertiary/aromatic N) is 3. The number of nitrogens with one attached hydrogen (secondary N) is 3. The number of rotatable bonds is 12. The highest BCUT2D eigenvalue weighted by Gasteiger charge is 2.28. The van der Waals surface area contributed by atoms with Crippen molar-refractivity contribution < 1.29 is 24.2 Å². The minimum atomic E-state index is -1.82. The maximum absolute atomic E-state index is 13.8. The quantitative estimate of drug-likeness (QED) is 0.0987. The summed E-state index contributed by atoms with van der Waals surface area (Å²) in [5.74, 6) is 1.82. The van der Waals surface area contributed by atoms with Crippen molar-refractivity contribution in [3.63, 3.8) is 0 Å². The highest BCUT2D eigenvalue weighted by atomic mass is 35.5. The maximum atomic E-state index is 13.8. The SMILES string of the molecule is [NH3+]c1cc(S(=O)NC(=O)c2ccc(N3CCN(CC4CCC=CC4c4ccc(Cl)cc4)CC3)cc2Oc2cnc3[nH]ccc3c2)ccc1NCC1CCOCC1. The molecule has 0 radical (unpaired) electrons. The number of benzene rings is 3. The molecule has 3 atom stereocenters. The van der Waals surface area contributed by atoms with Gasteiger partial charge in [0, 0.05) is 92.8 Å². The summed E-state index contributed by atoms with van der Waals surface area (Å²) in [6.07, 6.45) is 12.5. The van der Waals surface area contributed by atoms with E-state index >= 15 is 0 Å². The molecule has 3 unspecified atom stereocenters. The van der Waals surface area contributed by atoms with Crippen LogP contribution in [0.15, 0.2) is 102 Å². The molecule has 56 heavy (non-hydrogen) atoms. The molecule has 1 aliphatic carbocycles. The Morgan fingerprint density at radius 2 is 1.82 bits per heavy atom. The average Bonchev–Trinajstić information content (AvgIpc) is 3.70. The zero-order chi connectivity index (χ0) is 38.4. The minimum Gasteiger partial charge on any atom is -0.455 e. The number of H-pyrrole nitrogens is 1. The molecule has 8 rings (SSSR count). The Balaban J connectivity index is 0.950. The third-order valence-electron chi connectivity index (χ3n) is 11.3. The van der Waals surface area contributed by atoms with Crippen molar-refractivity contribution in [2.75, 3.05) is 62.7 Å². The Hall–Kier alpha value is -4.72. The highest BCUT2D eigenvalue weighted by Crippen LogP contribution is 2.36. The first-order valence-electron chi connectivity index (χ1n) is 19.5. The molecule has 4 heterocycles. The summed E-state index contributed by atoms with van der Waals surface area (Å²) in [7, 11) is -1.82. The topological polar surface area (TPSA) is 139 Å². The number of carbonyl (C=O) groups is 1. The Morgan fingerprint density at radius 3 is 2.62 bits per heavy atom. The molecule has 3 aliphatic rings. The van der Waals surface area contributed by atoms with Gasteiger partial charge < -0.3 is 30.4 Å². The second-order valence-corrected chi connectivity index (χ2v) is 16.6. The number of fused-ring (bicyclic) bond motifs is 1. The zero-order valence-electron chi connectivity index (χ0n) is 31.4. The molecule has 6 N–H and O–H groups in total. The van der Waals surface area contributed by atoms with Crippen molar-refractivity contribution in [1.82, 2.24) is 19.6 Å². The van der Waals surface area contributed by atoms with Gasteiger partial charge in [-0.3, -0.25) is 14.4 Å². The first-order valence-corrected chi connectivity index (χ1v) is 21.0. The highest BCUT2D eigenvalue weighted by molar-refractivity contribution is 7.83. The second-order valence-electron chi connectivity index (χ2n) is 15.0. The van der Waals surface area contributed by atoms with Crippen LogP contribution in [0, 0.1) is 11.8 Å². The van der Waals surface area contributed by atoms with Crippen LogP contribution in [-0.4, -0.2) is 77.5 Å². The Labute approximate surface area is 335 Å².